The molecule has 0 bridgehead atoms. The molecule has 0 rings (SSSR count). The van der Waals surface area contributed by atoms with E-state index in [1.54, 1.807) is 0 Å². The fourth-order valence-corrected chi connectivity index (χ4v) is 0.923. The van der Waals surface area contributed by atoms with Gasteiger partial charge in [0.2, 0.25) is 0 Å². The van der Waals surface area contributed by atoms with E-state index in [1.807, 2.05) is 6.92 Å². The van der Waals surface area contributed by atoms with Crippen molar-refractivity contribution in [3.05, 3.63) is 0 Å². The molecule has 62 valence electrons. The Balaban J connectivity index is 3.46. The number of aliphatic hydroxyl groups excluding tert-OH is 1. The lowest BCUT2D eigenvalue weighted by Gasteiger charge is -2.16. The molecule has 0 aromatic carbocycles. The number of hydrogen-bond donors (Lipinski definition) is 2. The Labute approximate surface area is 62.9 Å². The smallest absolute Gasteiger partial charge is 0.154 e. The highest BCUT2D eigenvalue weighted by atomic mass is 16.5. The van der Waals surface area contributed by atoms with Gasteiger partial charge in [0.25, 0.3) is 0 Å². The van der Waals surface area contributed by atoms with E-state index >= 15 is 0 Å². The summed E-state index contributed by atoms with van der Waals surface area (Å²) in [5.74, 6) is 0.603. The van der Waals surface area contributed by atoms with Crippen LogP contribution in [0.5, 0.6) is 0 Å². The van der Waals surface area contributed by atoms with E-state index in [4.69, 9.17) is 10.2 Å². The van der Waals surface area contributed by atoms with E-state index in [0.29, 0.717) is 5.92 Å². The van der Waals surface area contributed by atoms with Crippen molar-refractivity contribution in [3.63, 3.8) is 0 Å². The van der Waals surface area contributed by atoms with Crippen LogP contribution in [0.3, 0.4) is 0 Å². The van der Waals surface area contributed by atoms with E-state index in [-0.39, 0.29) is 5.92 Å². The second-order valence-corrected chi connectivity index (χ2v) is 3.14. The summed E-state index contributed by atoms with van der Waals surface area (Å²) in [4.78, 5) is 0. The van der Waals surface area contributed by atoms with Crippen LogP contribution in [0.1, 0.15) is 33.6 Å². The predicted molar refractivity (Wildman–Crippen MR) is 41.5 cm³/mol. The van der Waals surface area contributed by atoms with Gasteiger partial charge >= 0.3 is 0 Å². The van der Waals surface area contributed by atoms with Crippen LogP contribution in [0.25, 0.3) is 0 Å². The molecule has 0 aromatic heterocycles. The highest BCUT2D eigenvalue weighted by molar-refractivity contribution is 4.58. The molecule has 0 saturated heterocycles. The molecule has 0 aliphatic carbocycles. The molecule has 0 spiro atoms. The highest BCUT2D eigenvalue weighted by Gasteiger charge is 2.12. The minimum absolute atomic E-state index is 0.00921. The zero-order valence-corrected chi connectivity index (χ0v) is 7.04. The number of rotatable bonds is 4. The number of hydrogen-bond acceptors (Lipinski definition) is 2. The van der Waals surface area contributed by atoms with Gasteiger partial charge in [0.05, 0.1) is 0 Å². The van der Waals surface area contributed by atoms with Crippen molar-refractivity contribution in [2.24, 2.45) is 11.8 Å². The molecule has 0 aromatic rings. The Kier molecular flexibility index (Phi) is 4.65. The van der Waals surface area contributed by atoms with Gasteiger partial charge in [-0.1, -0.05) is 27.2 Å². The average molecular weight is 146 g/mol. The molecule has 2 N–H and O–H groups in total. The first-order valence-corrected chi connectivity index (χ1v) is 3.94. The summed E-state index contributed by atoms with van der Waals surface area (Å²) in [6.07, 6.45) is 0.861. The Morgan fingerprint density at radius 2 is 1.70 bits per heavy atom. The molecular weight excluding hydrogens is 128 g/mol. The molecule has 2 nitrogen and oxygen atoms in total. The first-order valence-electron chi connectivity index (χ1n) is 3.94. The van der Waals surface area contributed by atoms with Gasteiger partial charge in [-0.2, -0.15) is 0 Å². The van der Waals surface area contributed by atoms with E-state index in [2.05, 4.69) is 13.8 Å². The van der Waals surface area contributed by atoms with Crippen LogP contribution in [0.4, 0.5) is 0 Å². The van der Waals surface area contributed by atoms with Gasteiger partial charge in [-0.05, 0) is 12.3 Å². The first kappa shape index (κ1) is 9.92. The summed E-state index contributed by atoms with van der Waals surface area (Å²) in [7, 11) is 0. The van der Waals surface area contributed by atoms with Crippen molar-refractivity contribution < 1.29 is 10.2 Å². The third-order valence-electron chi connectivity index (χ3n) is 1.98. The quantitative estimate of drug-likeness (QED) is 0.588. The molecular formula is C8H18O2. The molecule has 2 unspecified atom stereocenters. The Bertz CT molecular complexity index is 81.3. The summed E-state index contributed by atoms with van der Waals surface area (Å²) in [6.45, 7) is 6.09. The maximum Gasteiger partial charge on any atom is 0.154 e. The molecule has 0 aliphatic heterocycles. The molecule has 0 radical (unpaired) electrons. The molecule has 0 aliphatic rings. The zero-order valence-electron chi connectivity index (χ0n) is 7.04. The molecule has 2 atom stereocenters. The largest absolute Gasteiger partial charge is 0.368 e. The predicted octanol–water partition coefficient (Wildman–Crippen LogP) is 1.37. The van der Waals surface area contributed by atoms with Crippen molar-refractivity contribution in [1.29, 1.82) is 0 Å². The van der Waals surface area contributed by atoms with Crippen molar-refractivity contribution >= 4 is 0 Å². The number of aliphatic hydroxyl groups is 2. The van der Waals surface area contributed by atoms with E-state index in [9.17, 15) is 0 Å². The lowest BCUT2D eigenvalue weighted by atomic mass is 9.95. The summed E-state index contributed by atoms with van der Waals surface area (Å²) in [6, 6.07) is 0. The van der Waals surface area contributed by atoms with Crippen LogP contribution in [0.2, 0.25) is 0 Å². The van der Waals surface area contributed by atoms with Crippen LogP contribution in [0, 0.1) is 11.8 Å². The summed E-state index contributed by atoms with van der Waals surface area (Å²) < 4.78 is 0. The zero-order chi connectivity index (χ0) is 8.15. The van der Waals surface area contributed by atoms with Gasteiger partial charge in [0, 0.05) is 5.92 Å². The lowest BCUT2D eigenvalue weighted by molar-refractivity contribution is -0.0835. The average Bonchev–Trinajstić information content (AvgIpc) is 1.87. The second kappa shape index (κ2) is 4.69. The molecule has 0 amide bonds. The van der Waals surface area contributed by atoms with Gasteiger partial charge in [0.15, 0.2) is 6.29 Å². The molecule has 10 heavy (non-hydrogen) atoms. The van der Waals surface area contributed by atoms with Gasteiger partial charge in [-0.15, -0.1) is 0 Å². The second-order valence-electron chi connectivity index (χ2n) is 3.14. The van der Waals surface area contributed by atoms with Gasteiger partial charge < -0.3 is 10.2 Å². The first-order chi connectivity index (χ1) is 4.57. The maximum absolute atomic E-state index is 8.72. The van der Waals surface area contributed by atoms with Crippen LogP contribution in [0.15, 0.2) is 0 Å². The standard InChI is InChI=1S/C8H18O2/c1-4-6(2)5-7(3)8(9)10/h6-10H,4-5H2,1-3H3. The van der Waals surface area contributed by atoms with Crippen molar-refractivity contribution in [2.75, 3.05) is 0 Å². The summed E-state index contributed by atoms with van der Waals surface area (Å²) >= 11 is 0. The van der Waals surface area contributed by atoms with Crippen LogP contribution < -0.4 is 0 Å². The highest BCUT2D eigenvalue weighted by Crippen LogP contribution is 2.16. The minimum Gasteiger partial charge on any atom is -0.368 e. The normalized spacial score (nSPS) is 17.4. The van der Waals surface area contributed by atoms with Crippen molar-refractivity contribution in [1.82, 2.24) is 0 Å². The van der Waals surface area contributed by atoms with Gasteiger partial charge in [-0.3, -0.25) is 0 Å². The molecule has 0 fully saturated rings. The van der Waals surface area contributed by atoms with E-state index in [0.717, 1.165) is 12.8 Å². The molecule has 2 heteroatoms. The minimum atomic E-state index is -1.14. The van der Waals surface area contributed by atoms with Crippen molar-refractivity contribution in [3.8, 4) is 0 Å². The molecule has 0 saturated carbocycles. The molecule has 0 heterocycles. The van der Waals surface area contributed by atoms with Crippen LogP contribution in [-0.4, -0.2) is 16.5 Å². The van der Waals surface area contributed by atoms with Gasteiger partial charge in [0.1, 0.15) is 0 Å². The lowest BCUT2D eigenvalue weighted by Crippen LogP contribution is -2.18. The third-order valence-corrected chi connectivity index (χ3v) is 1.98. The van der Waals surface area contributed by atoms with E-state index in [1.165, 1.54) is 0 Å². The van der Waals surface area contributed by atoms with Crippen molar-refractivity contribution in [2.45, 2.75) is 39.9 Å². The van der Waals surface area contributed by atoms with E-state index < -0.39 is 6.29 Å². The third kappa shape index (κ3) is 3.85. The fraction of sp³-hybridized carbons (Fsp3) is 1.00. The summed E-state index contributed by atoms with van der Waals surface area (Å²) in [5, 5.41) is 17.4. The Morgan fingerprint density at radius 1 is 1.20 bits per heavy atom. The Morgan fingerprint density at radius 3 is 2.00 bits per heavy atom. The Hall–Kier alpha value is -0.0800. The van der Waals surface area contributed by atoms with Gasteiger partial charge in [-0.25, -0.2) is 0 Å². The monoisotopic (exact) mass is 146 g/mol. The maximum atomic E-state index is 8.72. The summed E-state index contributed by atoms with van der Waals surface area (Å²) in [5.41, 5.74) is 0. The van der Waals surface area contributed by atoms with Crippen LogP contribution in [-0.2, 0) is 0 Å². The topological polar surface area (TPSA) is 40.5 Å². The van der Waals surface area contributed by atoms with Crippen LogP contribution >= 0.6 is 0 Å². The fourth-order valence-electron chi connectivity index (χ4n) is 0.923. The SMILES string of the molecule is CCC(C)CC(C)C(O)O.